The number of unbranched alkanes of at least 4 members (excludes halogenated alkanes) is 1. The largest absolute Gasteiger partial charge is 0.486 e. The molecule has 3 rings (SSSR count). The predicted octanol–water partition coefficient (Wildman–Crippen LogP) is 3.70. The van der Waals surface area contributed by atoms with Crippen LogP contribution in [0, 0.1) is 0 Å². The van der Waals surface area contributed by atoms with E-state index in [1.54, 1.807) is 16.2 Å². The highest BCUT2D eigenvalue weighted by Crippen LogP contribution is 2.35. The fourth-order valence-corrected chi connectivity index (χ4v) is 3.46. The lowest BCUT2D eigenvalue weighted by molar-refractivity contribution is -0.137. The molecule has 1 aromatic carbocycles. The molecule has 0 radical (unpaired) electrons. The number of carbonyl (C=O) groups excluding carboxylic acids is 1. The van der Waals surface area contributed by atoms with Gasteiger partial charge in [0.1, 0.15) is 13.2 Å². The molecule has 1 amide bonds. The molecule has 1 aliphatic heterocycles. The van der Waals surface area contributed by atoms with Crippen molar-refractivity contribution in [3.8, 4) is 11.5 Å². The van der Waals surface area contributed by atoms with Crippen LogP contribution in [0.1, 0.15) is 30.6 Å². The van der Waals surface area contributed by atoms with E-state index in [9.17, 15) is 9.59 Å². The highest BCUT2D eigenvalue weighted by Gasteiger charge is 2.20. The van der Waals surface area contributed by atoms with Gasteiger partial charge in [0.15, 0.2) is 11.5 Å². The van der Waals surface area contributed by atoms with Gasteiger partial charge >= 0.3 is 5.97 Å². The Kier molecular flexibility index (Phi) is 6.12. The van der Waals surface area contributed by atoms with Crippen LogP contribution in [0.25, 0.3) is 0 Å². The molecular weight excluding hydrogens is 354 g/mol. The van der Waals surface area contributed by atoms with E-state index in [0.29, 0.717) is 50.5 Å². The number of nitrogens with zero attached hydrogens (tertiary/aromatic N) is 1. The number of ether oxygens (including phenoxy) is 2. The summed E-state index contributed by atoms with van der Waals surface area (Å²) in [4.78, 5) is 26.2. The van der Waals surface area contributed by atoms with Crippen molar-refractivity contribution < 1.29 is 24.2 Å². The highest BCUT2D eigenvalue weighted by atomic mass is 32.1. The Morgan fingerprint density at radius 3 is 2.58 bits per heavy atom. The molecule has 1 aromatic heterocycles. The summed E-state index contributed by atoms with van der Waals surface area (Å²) in [6.07, 6.45) is 1.45. The molecule has 0 saturated heterocycles. The lowest BCUT2D eigenvalue weighted by Gasteiger charge is -2.25. The Hall–Kier alpha value is -2.54. The first kappa shape index (κ1) is 18.3. The number of amides is 1. The normalized spacial score (nSPS) is 12.6. The molecule has 0 atom stereocenters. The van der Waals surface area contributed by atoms with Crippen molar-refractivity contribution >= 4 is 28.9 Å². The molecule has 0 fully saturated rings. The molecule has 0 unspecified atom stereocenters. The summed E-state index contributed by atoms with van der Waals surface area (Å²) in [5, 5.41) is 10.7. The zero-order valence-corrected chi connectivity index (χ0v) is 15.2. The molecule has 7 heteroatoms. The first-order valence-corrected chi connectivity index (χ1v) is 9.45. The van der Waals surface area contributed by atoms with Gasteiger partial charge in [-0.25, -0.2) is 0 Å². The number of anilines is 1. The van der Waals surface area contributed by atoms with Gasteiger partial charge in [-0.15, -0.1) is 11.3 Å². The maximum atomic E-state index is 12.8. The van der Waals surface area contributed by atoms with Gasteiger partial charge < -0.3 is 19.5 Å². The number of fused-ring (bicyclic) bond motifs is 1. The van der Waals surface area contributed by atoms with Crippen LogP contribution < -0.4 is 14.4 Å². The van der Waals surface area contributed by atoms with E-state index < -0.39 is 5.97 Å². The third kappa shape index (κ3) is 4.76. The number of aliphatic carboxylic acids is 1. The van der Waals surface area contributed by atoms with Crippen molar-refractivity contribution in [3.63, 3.8) is 0 Å². The van der Waals surface area contributed by atoms with E-state index in [1.807, 2.05) is 35.7 Å². The van der Waals surface area contributed by atoms with Crippen molar-refractivity contribution in [2.75, 3.05) is 18.1 Å². The summed E-state index contributed by atoms with van der Waals surface area (Å²) >= 11 is 1.60. The number of benzene rings is 1. The van der Waals surface area contributed by atoms with Crippen molar-refractivity contribution in [1.29, 1.82) is 0 Å². The predicted molar refractivity (Wildman–Crippen MR) is 99.0 cm³/mol. The topological polar surface area (TPSA) is 76.1 Å². The van der Waals surface area contributed by atoms with Gasteiger partial charge in [-0.2, -0.15) is 0 Å². The minimum atomic E-state index is -0.834. The van der Waals surface area contributed by atoms with Crippen LogP contribution in [0.2, 0.25) is 0 Å². The minimum Gasteiger partial charge on any atom is -0.486 e. The smallest absolute Gasteiger partial charge is 0.303 e. The second kappa shape index (κ2) is 8.71. The fourth-order valence-electron chi connectivity index (χ4n) is 2.77. The Bertz CT molecular complexity index is 759. The number of carboxylic acid groups (broad SMARTS) is 1. The van der Waals surface area contributed by atoms with Gasteiger partial charge in [0, 0.05) is 29.5 Å². The second-order valence-corrected chi connectivity index (χ2v) is 7.02. The first-order valence-electron chi connectivity index (χ1n) is 8.57. The van der Waals surface area contributed by atoms with E-state index >= 15 is 0 Å². The first-order chi connectivity index (χ1) is 12.6. The number of carboxylic acids is 1. The summed E-state index contributed by atoms with van der Waals surface area (Å²) < 4.78 is 11.2. The second-order valence-electron chi connectivity index (χ2n) is 5.99. The van der Waals surface area contributed by atoms with Gasteiger partial charge in [0.25, 0.3) is 0 Å². The molecule has 6 nitrogen and oxygen atoms in total. The molecule has 0 bridgehead atoms. The van der Waals surface area contributed by atoms with Gasteiger partial charge in [-0.3, -0.25) is 9.59 Å². The molecule has 1 N–H and O–H groups in total. The number of hydrogen-bond donors (Lipinski definition) is 1. The summed E-state index contributed by atoms with van der Waals surface area (Å²) in [6, 6.07) is 9.46. The van der Waals surface area contributed by atoms with Crippen LogP contribution in [-0.4, -0.2) is 30.2 Å². The Morgan fingerprint density at radius 2 is 1.85 bits per heavy atom. The molecular formula is C19H21NO5S. The molecule has 2 heterocycles. The maximum absolute atomic E-state index is 12.8. The number of hydrogen-bond acceptors (Lipinski definition) is 5. The zero-order valence-electron chi connectivity index (χ0n) is 14.3. The molecule has 0 aliphatic carbocycles. The van der Waals surface area contributed by atoms with Crippen molar-refractivity contribution in [2.45, 2.75) is 32.2 Å². The van der Waals surface area contributed by atoms with Gasteiger partial charge in [0.2, 0.25) is 5.91 Å². The van der Waals surface area contributed by atoms with Crippen molar-refractivity contribution in [3.05, 3.63) is 40.6 Å². The molecule has 1 aliphatic rings. The van der Waals surface area contributed by atoms with E-state index in [-0.39, 0.29) is 12.3 Å². The van der Waals surface area contributed by atoms with E-state index in [1.165, 1.54) is 0 Å². The van der Waals surface area contributed by atoms with E-state index in [0.717, 1.165) is 10.6 Å². The quantitative estimate of drug-likeness (QED) is 0.712. The molecule has 0 saturated carbocycles. The summed E-state index contributed by atoms with van der Waals surface area (Å²) in [5.74, 6) is 0.466. The molecule has 26 heavy (non-hydrogen) atoms. The number of rotatable bonds is 8. The van der Waals surface area contributed by atoms with E-state index in [4.69, 9.17) is 14.6 Å². The Morgan fingerprint density at radius 1 is 1.08 bits per heavy atom. The number of carbonyl (C=O) groups is 2. The van der Waals surface area contributed by atoms with Crippen LogP contribution in [0.15, 0.2) is 35.7 Å². The Labute approximate surface area is 156 Å². The van der Waals surface area contributed by atoms with Crippen LogP contribution in [0.3, 0.4) is 0 Å². The number of thiophene rings is 1. The third-order valence-corrected chi connectivity index (χ3v) is 4.92. The summed E-state index contributed by atoms with van der Waals surface area (Å²) in [7, 11) is 0. The average Bonchev–Trinajstić information content (AvgIpc) is 3.16. The van der Waals surface area contributed by atoms with E-state index in [2.05, 4.69) is 0 Å². The Balaban J connectivity index is 1.74. The van der Waals surface area contributed by atoms with Gasteiger partial charge in [0.05, 0.1) is 6.54 Å². The minimum absolute atomic E-state index is 0.0273. The highest BCUT2D eigenvalue weighted by molar-refractivity contribution is 7.09. The van der Waals surface area contributed by atoms with Gasteiger partial charge in [-0.1, -0.05) is 6.07 Å². The van der Waals surface area contributed by atoms with Crippen LogP contribution in [0.4, 0.5) is 5.69 Å². The van der Waals surface area contributed by atoms with Crippen molar-refractivity contribution in [2.24, 2.45) is 0 Å². The lowest BCUT2D eigenvalue weighted by atomic mass is 10.1. The lowest BCUT2D eigenvalue weighted by Crippen LogP contribution is -2.30. The van der Waals surface area contributed by atoms with Crippen LogP contribution in [0.5, 0.6) is 11.5 Å². The summed E-state index contributed by atoms with van der Waals surface area (Å²) in [5.41, 5.74) is 0.755. The zero-order chi connectivity index (χ0) is 18.4. The monoisotopic (exact) mass is 375 g/mol. The fraction of sp³-hybridized carbons (Fsp3) is 0.368. The SMILES string of the molecule is O=C(O)CCCCC(=O)N(Cc1cccs1)c1ccc2c(c1)OCCO2. The van der Waals surface area contributed by atoms with Crippen LogP contribution >= 0.6 is 11.3 Å². The summed E-state index contributed by atoms with van der Waals surface area (Å²) in [6.45, 7) is 1.49. The standard InChI is InChI=1S/C19H21NO5S/c21-18(5-1-2-6-19(22)23)20(13-15-4-3-11-26-15)14-7-8-16-17(12-14)25-10-9-24-16/h3-4,7-8,11-12H,1-2,5-6,9-10,13H2,(H,22,23). The van der Waals surface area contributed by atoms with Gasteiger partial charge in [-0.05, 0) is 36.4 Å². The molecule has 0 spiro atoms. The molecule has 138 valence electrons. The van der Waals surface area contributed by atoms with Crippen LogP contribution in [-0.2, 0) is 16.1 Å². The maximum Gasteiger partial charge on any atom is 0.303 e. The molecule has 2 aromatic rings. The van der Waals surface area contributed by atoms with Crippen molar-refractivity contribution in [1.82, 2.24) is 0 Å². The third-order valence-electron chi connectivity index (χ3n) is 4.06. The average molecular weight is 375 g/mol.